The highest BCUT2D eigenvalue weighted by atomic mass is 32.2. The Kier molecular flexibility index (Phi) is 5.56. The molecule has 5 heteroatoms. The van der Waals surface area contributed by atoms with E-state index < -0.39 is 10.0 Å². The average Bonchev–Trinajstić information content (AvgIpc) is 2.53. The van der Waals surface area contributed by atoms with Crippen LogP contribution in [-0.2, 0) is 10.0 Å². The van der Waals surface area contributed by atoms with E-state index in [-0.39, 0.29) is 24.1 Å². The van der Waals surface area contributed by atoms with Crippen molar-refractivity contribution in [2.75, 3.05) is 13.2 Å². The Morgan fingerprint density at radius 1 is 1.36 bits per heavy atom. The molecule has 0 spiro atoms. The minimum atomic E-state index is -3.61. The van der Waals surface area contributed by atoms with Crippen molar-refractivity contribution < 1.29 is 13.5 Å². The first kappa shape index (κ1) is 16.9. The lowest BCUT2D eigenvalue weighted by atomic mass is 9.94. The summed E-state index contributed by atoms with van der Waals surface area (Å²) in [5.41, 5.74) is 1.80. The van der Waals surface area contributed by atoms with E-state index in [1.807, 2.05) is 13.0 Å². The van der Waals surface area contributed by atoms with Crippen molar-refractivity contribution >= 4 is 10.0 Å². The van der Waals surface area contributed by atoms with Crippen LogP contribution < -0.4 is 0 Å². The van der Waals surface area contributed by atoms with Gasteiger partial charge in [0.1, 0.15) is 0 Å². The van der Waals surface area contributed by atoms with Gasteiger partial charge in [-0.15, -0.1) is 6.58 Å². The molecule has 4 nitrogen and oxygen atoms in total. The van der Waals surface area contributed by atoms with E-state index in [1.54, 1.807) is 30.3 Å². The van der Waals surface area contributed by atoms with Gasteiger partial charge in [0, 0.05) is 12.6 Å². The molecule has 120 valence electrons. The van der Waals surface area contributed by atoms with E-state index >= 15 is 0 Å². The lowest BCUT2D eigenvalue weighted by Crippen LogP contribution is -2.43. The number of aliphatic hydroxyl groups excluding tert-OH is 1. The minimum Gasteiger partial charge on any atom is -0.392 e. The molecule has 2 rings (SSSR count). The molecule has 0 heterocycles. The summed E-state index contributed by atoms with van der Waals surface area (Å²) >= 11 is 0. The predicted octanol–water partition coefficient (Wildman–Crippen LogP) is 2.64. The lowest BCUT2D eigenvalue weighted by molar-refractivity contribution is 0.276. The van der Waals surface area contributed by atoms with Gasteiger partial charge in [0.15, 0.2) is 0 Å². The highest BCUT2D eigenvalue weighted by molar-refractivity contribution is 7.89. The van der Waals surface area contributed by atoms with Crippen molar-refractivity contribution in [1.82, 2.24) is 4.31 Å². The smallest absolute Gasteiger partial charge is 0.243 e. The van der Waals surface area contributed by atoms with E-state index in [2.05, 4.69) is 6.58 Å². The molecule has 0 saturated carbocycles. The Hall–Kier alpha value is -1.43. The molecule has 0 saturated heterocycles. The van der Waals surface area contributed by atoms with Gasteiger partial charge in [-0.3, -0.25) is 0 Å². The van der Waals surface area contributed by atoms with Gasteiger partial charge >= 0.3 is 0 Å². The Morgan fingerprint density at radius 3 is 2.64 bits per heavy atom. The number of nitrogens with zero attached hydrogens (tertiary/aromatic N) is 1. The summed E-state index contributed by atoms with van der Waals surface area (Å²) in [4.78, 5) is 0.280. The maximum absolute atomic E-state index is 13.0. The van der Waals surface area contributed by atoms with E-state index in [9.17, 15) is 13.5 Å². The molecule has 1 aromatic carbocycles. The van der Waals surface area contributed by atoms with Crippen molar-refractivity contribution in [3.05, 3.63) is 54.1 Å². The highest BCUT2D eigenvalue weighted by Gasteiger charge is 2.33. The SMILES string of the molecule is C=CCN(C1CCCC=C1CO)S(=O)(=O)c1ccc(C)cc1. The molecule has 1 aliphatic carbocycles. The van der Waals surface area contributed by atoms with E-state index in [4.69, 9.17) is 0 Å². The monoisotopic (exact) mass is 321 g/mol. The standard InChI is InChI=1S/C17H23NO3S/c1-3-12-18(17-7-5-4-6-15(17)13-19)22(20,21)16-10-8-14(2)9-11-16/h3,6,8-11,17,19H,1,4-5,7,12-13H2,2H3. The average molecular weight is 321 g/mol. The third kappa shape index (κ3) is 3.48. The fourth-order valence-electron chi connectivity index (χ4n) is 2.78. The van der Waals surface area contributed by atoms with Crippen molar-refractivity contribution in [2.24, 2.45) is 0 Å². The fraction of sp³-hybridized carbons (Fsp3) is 0.412. The summed E-state index contributed by atoms with van der Waals surface area (Å²) in [5.74, 6) is 0. The van der Waals surface area contributed by atoms with E-state index in [0.717, 1.165) is 30.4 Å². The number of hydrogen-bond donors (Lipinski definition) is 1. The zero-order chi connectivity index (χ0) is 16.2. The Morgan fingerprint density at radius 2 is 2.05 bits per heavy atom. The van der Waals surface area contributed by atoms with Crippen LogP contribution in [0.4, 0.5) is 0 Å². The molecule has 1 atom stereocenters. The zero-order valence-electron chi connectivity index (χ0n) is 12.9. The minimum absolute atomic E-state index is 0.109. The number of aryl methyl sites for hydroxylation is 1. The number of hydrogen-bond acceptors (Lipinski definition) is 3. The largest absolute Gasteiger partial charge is 0.392 e. The first-order valence-corrected chi connectivity index (χ1v) is 8.94. The Bertz CT molecular complexity index is 647. The van der Waals surface area contributed by atoms with Crippen LogP contribution in [0.2, 0.25) is 0 Å². The molecule has 0 amide bonds. The number of benzene rings is 1. The normalized spacial score (nSPS) is 19.0. The fourth-order valence-corrected chi connectivity index (χ4v) is 4.41. The van der Waals surface area contributed by atoms with Crippen LogP contribution in [0.15, 0.2) is 53.5 Å². The van der Waals surface area contributed by atoms with Crippen LogP contribution in [0.3, 0.4) is 0 Å². The second kappa shape index (κ2) is 7.22. The molecule has 1 N–H and O–H groups in total. The predicted molar refractivity (Wildman–Crippen MR) is 88.1 cm³/mol. The molecule has 0 fully saturated rings. The molecule has 22 heavy (non-hydrogen) atoms. The first-order valence-electron chi connectivity index (χ1n) is 7.50. The van der Waals surface area contributed by atoms with E-state index in [1.165, 1.54) is 4.31 Å². The highest BCUT2D eigenvalue weighted by Crippen LogP contribution is 2.28. The number of allylic oxidation sites excluding steroid dienone is 1. The van der Waals surface area contributed by atoms with Crippen LogP contribution in [0.25, 0.3) is 0 Å². The number of sulfonamides is 1. The number of rotatable bonds is 6. The third-order valence-corrected chi connectivity index (χ3v) is 5.87. The van der Waals surface area contributed by atoms with Crippen molar-refractivity contribution in [3.63, 3.8) is 0 Å². The maximum Gasteiger partial charge on any atom is 0.243 e. The summed E-state index contributed by atoms with van der Waals surface area (Å²) < 4.78 is 27.4. The van der Waals surface area contributed by atoms with Crippen LogP contribution in [0.1, 0.15) is 24.8 Å². The molecule has 0 radical (unpaired) electrons. The molecule has 0 aliphatic heterocycles. The van der Waals surface area contributed by atoms with Gasteiger partial charge in [0.25, 0.3) is 0 Å². The van der Waals surface area contributed by atoms with Gasteiger partial charge in [0.05, 0.1) is 11.5 Å². The van der Waals surface area contributed by atoms with Crippen LogP contribution in [0.5, 0.6) is 0 Å². The van der Waals surface area contributed by atoms with Crippen molar-refractivity contribution in [1.29, 1.82) is 0 Å². The molecular weight excluding hydrogens is 298 g/mol. The molecule has 1 aromatic rings. The van der Waals surface area contributed by atoms with Crippen molar-refractivity contribution in [3.8, 4) is 0 Å². The van der Waals surface area contributed by atoms with Gasteiger partial charge in [-0.25, -0.2) is 8.42 Å². The van der Waals surface area contributed by atoms with E-state index in [0.29, 0.717) is 0 Å². The summed E-state index contributed by atoms with van der Waals surface area (Å²) in [6, 6.07) is 6.56. The van der Waals surface area contributed by atoms with Gasteiger partial charge in [-0.1, -0.05) is 29.8 Å². The Labute approximate surface area is 132 Å². The van der Waals surface area contributed by atoms with Crippen LogP contribution in [-0.4, -0.2) is 37.0 Å². The molecule has 0 aromatic heterocycles. The van der Waals surface area contributed by atoms with Gasteiger partial charge in [0.2, 0.25) is 10.0 Å². The quantitative estimate of drug-likeness (QED) is 0.820. The topological polar surface area (TPSA) is 57.6 Å². The second-order valence-corrected chi connectivity index (χ2v) is 7.45. The van der Waals surface area contributed by atoms with Crippen LogP contribution in [0, 0.1) is 6.92 Å². The summed E-state index contributed by atoms with van der Waals surface area (Å²) in [6.45, 7) is 5.73. The lowest BCUT2D eigenvalue weighted by Gasteiger charge is -2.33. The summed E-state index contributed by atoms with van der Waals surface area (Å²) in [6.07, 6.45) is 6.08. The third-order valence-electron chi connectivity index (χ3n) is 3.98. The number of aliphatic hydroxyl groups is 1. The van der Waals surface area contributed by atoms with Gasteiger partial charge in [-0.05, 0) is 43.9 Å². The van der Waals surface area contributed by atoms with Gasteiger partial charge in [-0.2, -0.15) is 4.31 Å². The molecule has 1 unspecified atom stereocenters. The second-order valence-electron chi connectivity index (χ2n) is 5.56. The summed E-state index contributed by atoms with van der Waals surface area (Å²) in [7, 11) is -3.61. The van der Waals surface area contributed by atoms with Crippen LogP contribution >= 0.6 is 0 Å². The van der Waals surface area contributed by atoms with Gasteiger partial charge < -0.3 is 5.11 Å². The Balaban J connectivity index is 2.41. The molecule has 0 bridgehead atoms. The maximum atomic E-state index is 13.0. The summed E-state index contributed by atoms with van der Waals surface area (Å²) in [5, 5.41) is 9.54. The first-order chi connectivity index (χ1) is 10.5. The molecule has 1 aliphatic rings. The van der Waals surface area contributed by atoms with Crippen molar-refractivity contribution in [2.45, 2.75) is 37.1 Å². The molecular formula is C17H23NO3S. The zero-order valence-corrected chi connectivity index (χ0v) is 13.7.